The molecule has 1 aliphatic heterocycles. The van der Waals surface area contributed by atoms with E-state index in [9.17, 15) is 0 Å². The predicted octanol–water partition coefficient (Wildman–Crippen LogP) is -0.529. The van der Waals surface area contributed by atoms with Gasteiger partial charge in [0.05, 0.1) is 6.61 Å². The molecule has 0 bridgehead atoms. The third kappa shape index (κ3) is 3.70. The van der Waals surface area contributed by atoms with Crippen LogP contribution in [0.4, 0.5) is 0 Å². The van der Waals surface area contributed by atoms with E-state index in [1.54, 1.807) is 19.1 Å². The summed E-state index contributed by atoms with van der Waals surface area (Å²) in [7, 11) is 0. The zero-order valence-corrected chi connectivity index (χ0v) is 17.1. The van der Waals surface area contributed by atoms with Crippen molar-refractivity contribution in [2.45, 2.75) is 32.7 Å². The molecule has 3 rings (SSSR count). The Morgan fingerprint density at radius 3 is 2.95 bits per heavy atom. The molecule has 0 radical (unpaired) electrons. The largest absolute Gasteiger partial charge is 1.00 e. The van der Waals surface area contributed by atoms with Gasteiger partial charge in [0.1, 0.15) is 12.7 Å². The average molecular weight is 348 g/mol. The summed E-state index contributed by atoms with van der Waals surface area (Å²) in [6, 6.07) is 6.48. The van der Waals surface area contributed by atoms with Gasteiger partial charge in [-0.2, -0.15) is 6.07 Å². The number of fused-ring (bicyclic) bond motifs is 1. The van der Waals surface area contributed by atoms with Crippen molar-refractivity contribution in [1.82, 2.24) is 4.98 Å². The molecule has 2 aromatic rings. The molecule has 1 fully saturated rings. The molecule has 2 heterocycles. The van der Waals surface area contributed by atoms with Crippen molar-refractivity contribution in [2.24, 2.45) is 0 Å². The van der Waals surface area contributed by atoms with E-state index in [1.807, 2.05) is 13.8 Å². The molecule has 0 spiro atoms. The Morgan fingerprint density at radius 1 is 1.45 bits per heavy atom. The molecular weight excluding hydrogens is 332 g/mol. The number of hydrogen-bond donors (Lipinski definition) is 0. The van der Waals surface area contributed by atoms with Gasteiger partial charge in [-0.3, -0.25) is 0 Å². The fraction of sp³-hybridized carbons (Fsp3) is 0.500. The number of oxazole rings is 1. The molecule has 5 nitrogen and oxygen atoms in total. The van der Waals surface area contributed by atoms with Crippen LogP contribution in [-0.2, 0) is 9.47 Å². The van der Waals surface area contributed by atoms with Crippen LogP contribution in [0.1, 0.15) is 19.7 Å². The van der Waals surface area contributed by atoms with E-state index in [0.717, 1.165) is 5.52 Å². The van der Waals surface area contributed by atoms with Crippen LogP contribution >= 0.6 is 0 Å². The monoisotopic (exact) mass is 347 g/mol. The first-order valence-electron chi connectivity index (χ1n) is 6.25. The second kappa shape index (κ2) is 6.54. The van der Waals surface area contributed by atoms with E-state index in [4.69, 9.17) is 18.6 Å². The Bertz CT molecular complexity index is 596. The smallest absolute Gasteiger partial charge is 0.546 e. The zero-order valence-electron chi connectivity index (χ0n) is 12.2. The Hall–Kier alpha value is 0.215. The van der Waals surface area contributed by atoms with Crippen molar-refractivity contribution in [3.05, 3.63) is 24.1 Å². The summed E-state index contributed by atoms with van der Waals surface area (Å²) in [5, 5.41) is 0. The Balaban J connectivity index is 0.00000147. The number of aromatic nitrogens is 1. The number of benzene rings is 1. The minimum Gasteiger partial charge on any atom is -0.546 e. The van der Waals surface area contributed by atoms with Crippen molar-refractivity contribution < 1.29 is 76.8 Å². The molecule has 1 saturated heterocycles. The summed E-state index contributed by atoms with van der Waals surface area (Å²) in [5.74, 6) is 0.736. The van der Waals surface area contributed by atoms with Gasteiger partial charge in [0.2, 0.25) is 0 Å². The second-order valence-electron chi connectivity index (χ2n) is 5.03. The van der Waals surface area contributed by atoms with Crippen LogP contribution < -0.4 is 62.9 Å². The number of hydrogen-bond acceptors (Lipinski definition) is 5. The van der Waals surface area contributed by atoms with Crippen LogP contribution in [0.3, 0.4) is 0 Å². The van der Waals surface area contributed by atoms with Gasteiger partial charge in [0, 0.05) is 23.8 Å². The number of ether oxygens (including phenoxy) is 3. The summed E-state index contributed by atoms with van der Waals surface area (Å²) < 4.78 is 22.4. The molecule has 0 amide bonds. The van der Waals surface area contributed by atoms with Gasteiger partial charge in [-0.15, -0.1) is 12.1 Å². The molecule has 1 aliphatic rings. The van der Waals surface area contributed by atoms with E-state index in [2.05, 4.69) is 11.1 Å². The standard InChI is InChI=1S/C14H16NO4.Rb/c1-9-15-13-11(5-4-6-12(13)18-9)16-7-10-8-17-14(2,3)19-10;/h5-6,10H,7-8H2,1-3H3;/q-1;+1. The van der Waals surface area contributed by atoms with Gasteiger partial charge < -0.3 is 18.6 Å². The van der Waals surface area contributed by atoms with E-state index in [0.29, 0.717) is 30.4 Å². The van der Waals surface area contributed by atoms with Gasteiger partial charge in [-0.25, -0.2) is 4.98 Å². The molecule has 0 aliphatic carbocycles. The summed E-state index contributed by atoms with van der Waals surface area (Å²) in [5.41, 5.74) is 1.40. The van der Waals surface area contributed by atoms with Crippen LogP contribution in [0, 0.1) is 13.0 Å². The fourth-order valence-corrected chi connectivity index (χ4v) is 2.12. The number of nitrogens with zero attached hydrogens (tertiary/aromatic N) is 1. The van der Waals surface area contributed by atoms with E-state index < -0.39 is 5.79 Å². The summed E-state index contributed by atoms with van der Waals surface area (Å²) in [4.78, 5) is 4.30. The van der Waals surface area contributed by atoms with E-state index >= 15 is 0 Å². The first-order chi connectivity index (χ1) is 9.03. The van der Waals surface area contributed by atoms with Crippen molar-refractivity contribution in [3.8, 4) is 5.75 Å². The van der Waals surface area contributed by atoms with Crippen LogP contribution in [-0.4, -0.2) is 30.1 Å². The van der Waals surface area contributed by atoms with Gasteiger partial charge in [-0.1, -0.05) is 0 Å². The van der Waals surface area contributed by atoms with Gasteiger partial charge in [0.15, 0.2) is 11.7 Å². The normalized spacial score (nSPS) is 20.9. The van der Waals surface area contributed by atoms with E-state index in [-0.39, 0.29) is 64.3 Å². The average Bonchev–Trinajstić information content (AvgIpc) is 2.88. The summed E-state index contributed by atoms with van der Waals surface area (Å²) in [6.07, 6.45) is -0.0711. The Kier molecular flexibility index (Phi) is 5.43. The zero-order chi connectivity index (χ0) is 13.5. The van der Waals surface area contributed by atoms with Gasteiger partial charge in [0.25, 0.3) is 0 Å². The predicted molar refractivity (Wildman–Crippen MR) is 68.0 cm³/mol. The SMILES string of the molecule is Cc1nc2c(OCC3COC(C)(C)O3)c[c-]cc2o1.[Rb+]. The molecular formula is C14H16NO4Rb. The minimum absolute atomic E-state index is 0. The quantitative estimate of drug-likeness (QED) is 0.699. The molecule has 1 unspecified atom stereocenters. The van der Waals surface area contributed by atoms with Crippen LogP contribution in [0.5, 0.6) is 5.75 Å². The summed E-state index contributed by atoms with van der Waals surface area (Å²) >= 11 is 0. The number of aryl methyl sites for hydroxylation is 1. The van der Waals surface area contributed by atoms with Crippen molar-refractivity contribution in [1.29, 1.82) is 0 Å². The Morgan fingerprint density at radius 2 is 2.25 bits per heavy atom. The van der Waals surface area contributed by atoms with Crippen molar-refractivity contribution in [3.63, 3.8) is 0 Å². The molecule has 20 heavy (non-hydrogen) atoms. The van der Waals surface area contributed by atoms with Gasteiger partial charge >= 0.3 is 58.2 Å². The first kappa shape index (κ1) is 16.6. The molecule has 1 aromatic carbocycles. The van der Waals surface area contributed by atoms with Crippen LogP contribution in [0.2, 0.25) is 0 Å². The minimum atomic E-state index is -0.531. The molecule has 0 N–H and O–H groups in total. The molecule has 6 heteroatoms. The molecule has 0 saturated carbocycles. The maximum atomic E-state index is 5.75. The molecule has 1 aromatic heterocycles. The third-order valence-electron chi connectivity index (χ3n) is 2.91. The molecule has 1 atom stereocenters. The summed E-state index contributed by atoms with van der Waals surface area (Å²) in [6.45, 7) is 6.54. The van der Waals surface area contributed by atoms with Crippen molar-refractivity contribution >= 4 is 11.1 Å². The van der Waals surface area contributed by atoms with Crippen LogP contribution in [0.25, 0.3) is 11.1 Å². The Labute approximate surface area is 166 Å². The topological polar surface area (TPSA) is 53.7 Å². The maximum Gasteiger partial charge on any atom is 1.00 e. The second-order valence-corrected chi connectivity index (χ2v) is 5.03. The molecule has 102 valence electrons. The third-order valence-corrected chi connectivity index (χ3v) is 2.91. The van der Waals surface area contributed by atoms with Crippen LogP contribution in [0.15, 0.2) is 16.5 Å². The maximum absolute atomic E-state index is 5.75. The fourth-order valence-electron chi connectivity index (χ4n) is 2.12. The van der Waals surface area contributed by atoms with Crippen molar-refractivity contribution in [2.75, 3.05) is 13.2 Å². The first-order valence-corrected chi connectivity index (χ1v) is 6.25. The number of rotatable bonds is 3. The van der Waals surface area contributed by atoms with E-state index in [1.165, 1.54) is 0 Å². The van der Waals surface area contributed by atoms with Gasteiger partial charge in [-0.05, 0) is 13.8 Å².